The molecule has 0 atom stereocenters. The van der Waals surface area contributed by atoms with Crippen LogP contribution in [-0.4, -0.2) is 24.2 Å². The summed E-state index contributed by atoms with van der Waals surface area (Å²) in [6.07, 6.45) is -0.642. The molecule has 6 heteroatoms. The number of rotatable bonds is 4. The quantitative estimate of drug-likeness (QED) is 0.466. The Hall–Kier alpha value is -1.66. The van der Waals surface area contributed by atoms with Crippen LogP contribution < -0.4 is 0 Å². The summed E-state index contributed by atoms with van der Waals surface area (Å²) in [7, 11) is 2.87. The average Bonchev–Trinajstić information content (AvgIpc) is 2.19. The number of ether oxygens (including phenoxy) is 2. The van der Waals surface area contributed by atoms with Gasteiger partial charge in [-0.2, -0.15) is 0 Å². The van der Waals surface area contributed by atoms with Crippen LogP contribution in [0.1, 0.15) is 11.9 Å². The lowest BCUT2D eigenvalue weighted by atomic mass is 10.2. The van der Waals surface area contributed by atoms with Crippen molar-refractivity contribution in [1.82, 2.24) is 0 Å². The van der Waals surface area contributed by atoms with Crippen LogP contribution in [0.2, 0.25) is 0 Å². The van der Waals surface area contributed by atoms with Gasteiger partial charge < -0.3 is 14.6 Å². The topological polar surface area (TPSA) is 81.8 Å². The number of nitro groups is 1. The minimum Gasteiger partial charge on any atom is -0.502 e. The van der Waals surface area contributed by atoms with Crippen molar-refractivity contribution in [2.24, 2.45) is 0 Å². The van der Waals surface area contributed by atoms with E-state index in [9.17, 15) is 15.2 Å². The molecule has 1 aromatic rings. The van der Waals surface area contributed by atoms with Crippen LogP contribution in [-0.2, 0) is 9.47 Å². The van der Waals surface area contributed by atoms with E-state index in [0.29, 0.717) is 5.56 Å². The van der Waals surface area contributed by atoms with Crippen LogP contribution in [0.15, 0.2) is 18.2 Å². The van der Waals surface area contributed by atoms with Gasteiger partial charge in [0.25, 0.3) is 0 Å². The molecule has 0 radical (unpaired) electrons. The third-order valence-corrected chi connectivity index (χ3v) is 1.90. The molecule has 0 aliphatic carbocycles. The number of phenols is 1. The van der Waals surface area contributed by atoms with E-state index in [0.717, 1.165) is 0 Å². The summed E-state index contributed by atoms with van der Waals surface area (Å²) in [6.45, 7) is 0. The van der Waals surface area contributed by atoms with Gasteiger partial charge in [-0.1, -0.05) is 0 Å². The normalized spacial score (nSPS) is 10.6. The first-order valence-electron chi connectivity index (χ1n) is 4.13. The highest BCUT2D eigenvalue weighted by molar-refractivity contribution is 5.47. The van der Waals surface area contributed by atoms with Crippen LogP contribution in [0.4, 0.5) is 5.69 Å². The molecule has 1 aromatic carbocycles. The van der Waals surface area contributed by atoms with E-state index in [1.807, 2.05) is 0 Å². The Balaban J connectivity index is 3.05. The predicted octanol–water partition coefficient (Wildman–Crippen LogP) is 1.59. The zero-order valence-corrected chi connectivity index (χ0v) is 8.34. The molecular formula is C9H11NO5. The van der Waals surface area contributed by atoms with Crippen molar-refractivity contribution >= 4 is 5.69 Å². The monoisotopic (exact) mass is 213 g/mol. The average molecular weight is 213 g/mol. The highest BCUT2D eigenvalue weighted by Gasteiger charge is 2.16. The minimum atomic E-state index is -0.659. The van der Waals surface area contributed by atoms with Crippen molar-refractivity contribution < 1.29 is 19.5 Å². The van der Waals surface area contributed by atoms with E-state index in [2.05, 4.69) is 0 Å². The number of nitrogens with zero attached hydrogens (tertiary/aromatic N) is 1. The molecular weight excluding hydrogens is 202 g/mol. The Bertz CT molecular complexity index is 362. The van der Waals surface area contributed by atoms with Gasteiger partial charge in [0.1, 0.15) is 0 Å². The fourth-order valence-corrected chi connectivity index (χ4v) is 1.21. The predicted molar refractivity (Wildman–Crippen MR) is 51.5 cm³/mol. The van der Waals surface area contributed by atoms with Crippen molar-refractivity contribution in [2.45, 2.75) is 6.29 Å². The molecule has 6 nitrogen and oxygen atoms in total. The fraction of sp³-hybridized carbons (Fsp3) is 0.333. The van der Waals surface area contributed by atoms with Gasteiger partial charge in [-0.15, -0.1) is 0 Å². The van der Waals surface area contributed by atoms with Gasteiger partial charge in [0.15, 0.2) is 12.0 Å². The molecule has 15 heavy (non-hydrogen) atoms. The lowest BCUT2D eigenvalue weighted by molar-refractivity contribution is -0.385. The second-order valence-electron chi connectivity index (χ2n) is 2.81. The van der Waals surface area contributed by atoms with E-state index in [1.54, 1.807) is 0 Å². The second kappa shape index (κ2) is 4.72. The number of benzene rings is 1. The molecule has 0 unspecified atom stereocenters. The van der Waals surface area contributed by atoms with Gasteiger partial charge >= 0.3 is 5.69 Å². The summed E-state index contributed by atoms with van der Waals surface area (Å²) in [5.41, 5.74) is 0.174. The Morgan fingerprint density at radius 1 is 1.40 bits per heavy atom. The van der Waals surface area contributed by atoms with Crippen LogP contribution >= 0.6 is 0 Å². The van der Waals surface area contributed by atoms with E-state index in [4.69, 9.17) is 9.47 Å². The van der Waals surface area contributed by atoms with Gasteiger partial charge in [-0.3, -0.25) is 10.1 Å². The molecule has 0 spiro atoms. The molecule has 0 saturated heterocycles. The smallest absolute Gasteiger partial charge is 0.310 e. The molecule has 0 fully saturated rings. The van der Waals surface area contributed by atoms with Gasteiger partial charge in [0.2, 0.25) is 0 Å². The van der Waals surface area contributed by atoms with Crippen LogP contribution in [0, 0.1) is 10.1 Å². The van der Waals surface area contributed by atoms with Crippen LogP contribution in [0.25, 0.3) is 0 Å². The molecule has 0 bridgehead atoms. The van der Waals surface area contributed by atoms with Crippen LogP contribution in [0.3, 0.4) is 0 Å². The number of aromatic hydroxyl groups is 1. The molecule has 0 saturated carbocycles. The SMILES string of the molecule is COC(OC)c1ccc([N+](=O)[O-])c(O)c1. The molecule has 0 aliphatic rings. The summed E-state index contributed by atoms with van der Waals surface area (Å²) in [4.78, 5) is 9.77. The molecule has 82 valence electrons. The van der Waals surface area contributed by atoms with E-state index < -0.39 is 17.0 Å². The van der Waals surface area contributed by atoms with Gasteiger partial charge in [0.05, 0.1) is 4.92 Å². The van der Waals surface area contributed by atoms with Gasteiger partial charge in [-0.25, -0.2) is 0 Å². The third-order valence-electron chi connectivity index (χ3n) is 1.90. The maximum Gasteiger partial charge on any atom is 0.310 e. The van der Waals surface area contributed by atoms with Crippen molar-refractivity contribution in [3.8, 4) is 5.75 Å². The lowest BCUT2D eigenvalue weighted by Crippen LogP contribution is -2.03. The molecule has 1 N–H and O–H groups in total. The Morgan fingerprint density at radius 3 is 2.40 bits per heavy atom. The number of phenolic OH excluding ortho intramolecular Hbond substituents is 1. The molecule has 0 aliphatic heterocycles. The van der Waals surface area contributed by atoms with Crippen molar-refractivity contribution in [3.05, 3.63) is 33.9 Å². The Morgan fingerprint density at radius 2 is 2.00 bits per heavy atom. The zero-order valence-electron chi connectivity index (χ0n) is 8.34. The number of nitro benzene ring substituents is 1. The summed E-state index contributed by atoms with van der Waals surface area (Å²) in [6, 6.07) is 3.92. The first kappa shape index (κ1) is 11.4. The maximum atomic E-state index is 10.4. The number of hydrogen-bond donors (Lipinski definition) is 1. The van der Waals surface area contributed by atoms with Gasteiger partial charge in [0, 0.05) is 25.8 Å². The standard InChI is InChI=1S/C9H11NO5/c1-14-9(15-2)6-3-4-7(10(12)13)8(11)5-6/h3-5,9,11H,1-2H3. The molecule has 0 heterocycles. The van der Waals surface area contributed by atoms with Crippen molar-refractivity contribution in [2.75, 3.05) is 14.2 Å². The largest absolute Gasteiger partial charge is 0.502 e. The molecule has 0 amide bonds. The van der Waals surface area contributed by atoms with E-state index in [1.165, 1.54) is 32.4 Å². The first-order valence-corrected chi connectivity index (χ1v) is 4.13. The number of hydrogen-bond acceptors (Lipinski definition) is 5. The Kier molecular flexibility index (Phi) is 3.59. The second-order valence-corrected chi connectivity index (χ2v) is 2.81. The molecule has 0 aromatic heterocycles. The lowest BCUT2D eigenvalue weighted by Gasteiger charge is -2.13. The third kappa shape index (κ3) is 2.42. The Labute approximate surface area is 86.2 Å². The van der Waals surface area contributed by atoms with Gasteiger partial charge in [-0.05, 0) is 12.1 Å². The maximum absolute atomic E-state index is 10.4. The van der Waals surface area contributed by atoms with E-state index in [-0.39, 0.29) is 5.69 Å². The van der Waals surface area contributed by atoms with E-state index >= 15 is 0 Å². The fourth-order valence-electron chi connectivity index (χ4n) is 1.21. The summed E-state index contributed by atoms with van der Waals surface area (Å²) in [5, 5.41) is 19.8. The highest BCUT2D eigenvalue weighted by Crippen LogP contribution is 2.29. The van der Waals surface area contributed by atoms with Crippen LogP contribution in [0.5, 0.6) is 5.75 Å². The van der Waals surface area contributed by atoms with Crippen molar-refractivity contribution in [1.29, 1.82) is 0 Å². The zero-order chi connectivity index (χ0) is 11.4. The summed E-state index contributed by atoms with van der Waals surface area (Å²) < 4.78 is 9.88. The summed E-state index contributed by atoms with van der Waals surface area (Å²) in [5.74, 6) is -0.406. The van der Waals surface area contributed by atoms with Crippen molar-refractivity contribution in [3.63, 3.8) is 0 Å². The highest BCUT2D eigenvalue weighted by atomic mass is 16.7. The first-order chi connectivity index (χ1) is 7.10. The number of methoxy groups -OCH3 is 2. The summed E-state index contributed by atoms with van der Waals surface area (Å²) >= 11 is 0. The minimum absolute atomic E-state index is 0.343. The molecule has 1 rings (SSSR count).